The molecule has 0 saturated heterocycles. The van der Waals surface area contributed by atoms with E-state index in [2.05, 4.69) is 13.2 Å². The zero-order chi connectivity index (χ0) is 16.2. The van der Waals surface area contributed by atoms with Crippen molar-refractivity contribution in [2.24, 2.45) is 0 Å². The summed E-state index contributed by atoms with van der Waals surface area (Å²) in [5, 5.41) is 0. The van der Waals surface area contributed by atoms with Crippen LogP contribution in [0.5, 0.6) is 0 Å². The molecule has 0 bridgehead atoms. The summed E-state index contributed by atoms with van der Waals surface area (Å²) >= 11 is 0. The van der Waals surface area contributed by atoms with Crippen molar-refractivity contribution in [3.8, 4) is 0 Å². The van der Waals surface area contributed by atoms with E-state index >= 15 is 0 Å². The summed E-state index contributed by atoms with van der Waals surface area (Å²) in [6, 6.07) is 0. The Morgan fingerprint density at radius 3 is 1.35 bits per heavy atom. The fraction of sp³-hybridized carbons (Fsp3) is 0.111. The summed E-state index contributed by atoms with van der Waals surface area (Å²) in [4.78, 5) is 22.0. The van der Waals surface area contributed by atoms with Gasteiger partial charge in [-0.2, -0.15) is 0 Å². The van der Waals surface area contributed by atoms with Crippen molar-refractivity contribution >= 4 is 11.9 Å². The Kier molecular flexibility index (Phi) is 12.8. The quantitative estimate of drug-likeness (QED) is 0.417. The molecule has 0 aromatic heterocycles. The molecule has 0 aromatic rings. The third kappa shape index (κ3) is 8.97. The first-order chi connectivity index (χ1) is 10.7. The Morgan fingerprint density at radius 1 is 0.783 bits per heavy atom. The Balaban J connectivity index is 0.000000403. The first kappa shape index (κ1) is 21.9. The average Bonchev–Trinajstić information content (AvgIpc) is 3.23. The van der Waals surface area contributed by atoms with Gasteiger partial charge in [0.15, 0.2) is 0 Å². The van der Waals surface area contributed by atoms with Crippen LogP contribution in [-0.2, 0) is 36.1 Å². The Hall–Kier alpha value is -1.06. The molecule has 5 heteroatoms. The summed E-state index contributed by atoms with van der Waals surface area (Å²) in [6.45, 7) is 7.41. The normalized spacial score (nSPS) is 17.4. The fourth-order valence-corrected chi connectivity index (χ4v) is 1.46. The van der Waals surface area contributed by atoms with E-state index in [9.17, 15) is 9.59 Å². The summed E-state index contributed by atoms with van der Waals surface area (Å²) in [6.07, 6.45) is 17.1. The van der Waals surface area contributed by atoms with Gasteiger partial charge in [-0.05, 0) is 51.4 Å². The number of carbonyl (C=O) groups excluding carboxylic acids is 2. The summed E-state index contributed by atoms with van der Waals surface area (Å²) in [7, 11) is 0. The van der Waals surface area contributed by atoms with E-state index in [0.717, 1.165) is 0 Å². The van der Waals surface area contributed by atoms with Crippen LogP contribution in [0.1, 0.15) is 0 Å². The molecular weight excluding hydrogens is 336 g/mol. The second kappa shape index (κ2) is 13.4. The van der Waals surface area contributed by atoms with Gasteiger partial charge in [-0.25, -0.2) is 0 Å². The van der Waals surface area contributed by atoms with E-state index in [-0.39, 0.29) is 42.2 Å². The van der Waals surface area contributed by atoms with Gasteiger partial charge in [0.25, 0.3) is 0 Å². The SMILES string of the molecule is C=CCOC(=O)[C]1[CH][CH][CH][CH]1.C=CCOC(=O)[C]1[CH][CH][CH][CH]1.[Fe+2]. The van der Waals surface area contributed by atoms with Gasteiger partial charge in [0.1, 0.15) is 13.2 Å². The molecule has 0 heterocycles. The number of carbonyl (C=O) groups is 2. The van der Waals surface area contributed by atoms with E-state index in [1.807, 2.05) is 0 Å². The van der Waals surface area contributed by atoms with Crippen LogP contribution in [0.4, 0.5) is 0 Å². The van der Waals surface area contributed by atoms with Gasteiger partial charge in [0, 0.05) is 0 Å². The van der Waals surface area contributed by atoms with Crippen LogP contribution < -0.4 is 0 Å². The van der Waals surface area contributed by atoms with Crippen molar-refractivity contribution in [3.05, 3.63) is 88.5 Å². The Bertz CT molecular complexity index is 333. The number of rotatable bonds is 6. The van der Waals surface area contributed by atoms with Crippen LogP contribution in [0.2, 0.25) is 0 Å². The minimum Gasteiger partial charge on any atom is -0.461 e. The second-order valence-electron chi connectivity index (χ2n) is 4.12. The molecule has 120 valence electrons. The monoisotopic (exact) mass is 354 g/mol. The maximum atomic E-state index is 11.0. The summed E-state index contributed by atoms with van der Waals surface area (Å²) in [5.41, 5.74) is 0. The minimum atomic E-state index is -0.296. The van der Waals surface area contributed by atoms with Gasteiger partial charge in [0.2, 0.25) is 0 Å². The molecule has 0 aliphatic heterocycles. The average molecular weight is 354 g/mol. The van der Waals surface area contributed by atoms with Crippen LogP contribution in [0.25, 0.3) is 0 Å². The second-order valence-corrected chi connectivity index (χ2v) is 4.12. The van der Waals surface area contributed by atoms with Crippen molar-refractivity contribution in [1.82, 2.24) is 0 Å². The zero-order valence-electron chi connectivity index (χ0n) is 12.6. The van der Waals surface area contributed by atoms with E-state index in [1.54, 1.807) is 63.5 Å². The molecule has 23 heavy (non-hydrogen) atoms. The predicted molar refractivity (Wildman–Crippen MR) is 83.2 cm³/mol. The molecule has 0 spiro atoms. The molecule has 0 N–H and O–H groups in total. The molecule has 0 unspecified atom stereocenters. The first-order valence-corrected chi connectivity index (χ1v) is 6.68. The minimum absolute atomic E-state index is 0. The number of ether oxygens (including phenoxy) is 2. The van der Waals surface area contributed by atoms with E-state index in [0.29, 0.717) is 11.8 Å². The Labute approximate surface area is 150 Å². The van der Waals surface area contributed by atoms with Crippen molar-refractivity contribution in [1.29, 1.82) is 0 Å². The summed E-state index contributed by atoms with van der Waals surface area (Å²) < 4.78 is 9.56. The van der Waals surface area contributed by atoms with Crippen LogP contribution in [-0.4, -0.2) is 25.2 Å². The topological polar surface area (TPSA) is 52.6 Å². The smallest absolute Gasteiger partial charge is 0.461 e. The van der Waals surface area contributed by atoms with E-state index < -0.39 is 0 Å². The number of esters is 2. The standard InChI is InChI=1S/2C9H9O2.Fe/c2*1-2-7-11-9(10)8-5-3-4-6-8;/h2*2-6H,1,7H2;/q;;+2. The van der Waals surface area contributed by atoms with Crippen LogP contribution >= 0.6 is 0 Å². The third-order valence-electron chi connectivity index (χ3n) is 2.46. The van der Waals surface area contributed by atoms with E-state index in [4.69, 9.17) is 9.47 Å². The molecule has 10 radical (unpaired) electrons. The van der Waals surface area contributed by atoms with Crippen LogP contribution in [0.15, 0.2) is 25.3 Å². The molecule has 4 nitrogen and oxygen atoms in total. The van der Waals surface area contributed by atoms with E-state index in [1.165, 1.54) is 0 Å². The molecule has 2 fully saturated rings. The van der Waals surface area contributed by atoms with Gasteiger partial charge < -0.3 is 9.47 Å². The molecule has 0 atom stereocenters. The Morgan fingerprint density at radius 2 is 1.09 bits per heavy atom. The molecule has 0 aromatic carbocycles. The van der Waals surface area contributed by atoms with Crippen molar-refractivity contribution in [2.45, 2.75) is 0 Å². The largest absolute Gasteiger partial charge is 2.00 e. The molecule has 2 saturated carbocycles. The first-order valence-electron chi connectivity index (χ1n) is 6.68. The molecule has 0 amide bonds. The fourth-order valence-electron chi connectivity index (χ4n) is 1.46. The molecule has 2 rings (SSSR count). The maximum Gasteiger partial charge on any atom is 2.00 e. The van der Waals surface area contributed by atoms with Gasteiger partial charge in [-0.15, -0.1) is 0 Å². The third-order valence-corrected chi connectivity index (χ3v) is 2.46. The van der Waals surface area contributed by atoms with Gasteiger partial charge >= 0.3 is 29.0 Å². The van der Waals surface area contributed by atoms with Crippen LogP contribution in [0, 0.1) is 63.2 Å². The zero-order valence-corrected chi connectivity index (χ0v) is 13.7. The molecule has 2 aliphatic rings. The van der Waals surface area contributed by atoms with Gasteiger partial charge in [0.05, 0.1) is 11.8 Å². The maximum absolute atomic E-state index is 11.0. The molecular formula is C18H18FeO4+2. The van der Waals surface area contributed by atoms with Crippen molar-refractivity contribution in [2.75, 3.05) is 13.2 Å². The number of hydrogen-bond acceptors (Lipinski definition) is 4. The molecule has 2 aliphatic carbocycles. The van der Waals surface area contributed by atoms with Gasteiger partial charge in [-0.3, -0.25) is 9.59 Å². The number of hydrogen-bond donors (Lipinski definition) is 0. The predicted octanol–water partition coefficient (Wildman–Crippen LogP) is 2.24. The van der Waals surface area contributed by atoms with Crippen molar-refractivity contribution < 1.29 is 36.1 Å². The van der Waals surface area contributed by atoms with Crippen molar-refractivity contribution in [3.63, 3.8) is 0 Å². The van der Waals surface area contributed by atoms with Gasteiger partial charge in [-0.1, -0.05) is 25.3 Å². The van der Waals surface area contributed by atoms with Crippen LogP contribution in [0.3, 0.4) is 0 Å². The summed E-state index contributed by atoms with van der Waals surface area (Å²) in [5.74, 6) is 0.587.